The first kappa shape index (κ1) is 19.2. The largest absolute Gasteiger partial charge is 0.454 e. The molecule has 2 amide bonds. The number of nitrogens with zero attached hydrogens (tertiary/aromatic N) is 1. The Morgan fingerprint density at radius 2 is 2.00 bits per heavy atom. The highest BCUT2D eigenvalue weighted by atomic mass is 35.5. The van der Waals surface area contributed by atoms with Crippen LogP contribution in [-0.4, -0.2) is 30.1 Å². The van der Waals surface area contributed by atoms with Gasteiger partial charge < -0.3 is 20.1 Å². The van der Waals surface area contributed by atoms with Gasteiger partial charge in [0.1, 0.15) is 0 Å². The smallest absolute Gasteiger partial charge is 0.251 e. The van der Waals surface area contributed by atoms with Crippen molar-refractivity contribution in [3.05, 3.63) is 69.7 Å². The average Bonchev–Trinajstić information content (AvgIpc) is 3.34. The minimum absolute atomic E-state index is 0.135. The fourth-order valence-electron chi connectivity index (χ4n) is 2.76. The molecule has 148 valence electrons. The quantitative estimate of drug-likeness (QED) is 0.626. The molecule has 29 heavy (non-hydrogen) atoms. The molecule has 2 N–H and O–H groups in total. The number of hydrogen-bond donors (Lipinski definition) is 2. The molecule has 2 heterocycles. The lowest BCUT2D eigenvalue weighted by atomic mass is 10.1. The number of carbonyl (C=O) groups is 2. The zero-order chi connectivity index (χ0) is 20.2. The van der Waals surface area contributed by atoms with Gasteiger partial charge in [-0.2, -0.15) is 0 Å². The molecule has 1 aliphatic rings. The van der Waals surface area contributed by atoms with Crippen molar-refractivity contribution in [3.8, 4) is 11.5 Å². The molecule has 0 radical (unpaired) electrons. The van der Waals surface area contributed by atoms with Crippen LogP contribution < -0.4 is 20.1 Å². The van der Waals surface area contributed by atoms with Crippen molar-refractivity contribution in [3.63, 3.8) is 0 Å². The molecular formula is C20H16ClN3O4S. The summed E-state index contributed by atoms with van der Waals surface area (Å²) in [6.45, 7) is -0.0353. The Bertz CT molecular complexity index is 1070. The van der Waals surface area contributed by atoms with Gasteiger partial charge in [0.05, 0.1) is 6.54 Å². The number of nitrogens with one attached hydrogen (secondary N) is 2. The Morgan fingerprint density at radius 3 is 2.86 bits per heavy atom. The maximum atomic E-state index is 12.2. The van der Waals surface area contributed by atoms with E-state index < -0.39 is 0 Å². The summed E-state index contributed by atoms with van der Waals surface area (Å²) in [7, 11) is 0. The lowest BCUT2D eigenvalue weighted by Crippen LogP contribution is -2.32. The molecule has 1 aromatic heterocycles. The van der Waals surface area contributed by atoms with Crippen molar-refractivity contribution < 1.29 is 19.1 Å². The number of carbonyl (C=O) groups excluding carboxylic acids is 2. The first-order valence-electron chi connectivity index (χ1n) is 8.74. The van der Waals surface area contributed by atoms with Gasteiger partial charge in [0.15, 0.2) is 16.6 Å². The van der Waals surface area contributed by atoms with Crippen molar-refractivity contribution >= 4 is 39.9 Å². The van der Waals surface area contributed by atoms with Crippen LogP contribution in [0.1, 0.15) is 20.8 Å². The third-order valence-corrected chi connectivity index (χ3v) is 5.26. The number of anilines is 1. The Balaban J connectivity index is 1.28. The van der Waals surface area contributed by atoms with Crippen LogP contribution in [0.15, 0.2) is 48.7 Å². The lowest BCUT2D eigenvalue weighted by Gasteiger charge is -2.06. The molecule has 0 aliphatic carbocycles. The highest BCUT2D eigenvalue weighted by molar-refractivity contribution is 7.15. The summed E-state index contributed by atoms with van der Waals surface area (Å²) < 4.78 is 10.5. The first-order valence-corrected chi connectivity index (χ1v) is 9.93. The van der Waals surface area contributed by atoms with E-state index in [9.17, 15) is 9.59 Å². The van der Waals surface area contributed by atoms with Crippen molar-refractivity contribution in [2.45, 2.75) is 6.42 Å². The van der Waals surface area contributed by atoms with Crippen LogP contribution in [0.4, 0.5) is 5.13 Å². The molecule has 7 nitrogen and oxygen atoms in total. The molecule has 0 saturated carbocycles. The fraction of sp³-hybridized carbons (Fsp3) is 0.150. The summed E-state index contributed by atoms with van der Waals surface area (Å²) in [6.07, 6.45) is 2.39. The lowest BCUT2D eigenvalue weighted by molar-refractivity contribution is -0.115. The number of hydrogen-bond acceptors (Lipinski definition) is 6. The summed E-state index contributed by atoms with van der Waals surface area (Å²) in [5.74, 6) is 0.371. The molecule has 0 spiro atoms. The number of amides is 2. The monoisotopic (exact) mass is 429 g/mol. The minimum atomic E-state index is -0.376. The number of aromatic nitrogens is 1. The number of ether oxygens (including phenoxy) is 2. The van der Waals surface area contributed by atoms with Gasteiger partial charge in [0.25, 0.3) is 5.91 Å². The minimum Gasteiger partial charge on any atom is -0.454 e. The number of thiazole rings is 1. The second-order valence-electron chi connectivity index (χ2n) is 6.24. The van der Waals surface area contributed by atoms with Gasteiger partial charge in [0, 0.05) is 28.1 Å². The van der Waals surface area contributed by atoms with E-state index in [0.29, 0.717) is 33.6 Å². The van der Waals surface area contributed by atoms with E-state index in [0.717, 1.165) is 10.4 Å². The Kier molecular flexibility index (Phi) is 5.64. The number of halogens is 1. The van der Waals surface area contributed by atoms with Crippen molar-refractivity contribution in [2.75, 3.05) is 18.7 Å². The van der Waals surface area contributed by atoms with E-state index in [4.69, 9.17) is 21.1 Å². The Hall–Kier alpha value is -3.10. The van der Waals surface area contributed by atoms with Gasteiger partial charge in [0.2, 0.25) is 12.7 Å². The second kappa shape index (κ2) is 8.50. The summed E-state index contributed by atoms with van der Waals surface area (Å²) in [5, 5.41) is 6.42. The van der Waals surface area contributed by atoms with E-state index in [1.54, 1.807) is 24.4 Å². The van der Waals surface area contributed by atoms with Gasteiger partial charge in [-0.15, -0.1) is 11.3 Å². The predicted molar refractivity (Wildman–Crippen MR) is 110 cm³/mol. The third-order valence-electron chi connectivity index (χ3n) is 4.11. The van der Waals surface area contributed by atoms with Crippen LogP contribution in [0.3, 0.4) is 0 Å². The molecule has 0 atom stereocenters. The van der Waals surface area contributed by atoms with E-state index in [1.165, 1.54) is 11.3 Å². The predicted octanol–water partition coefficient (Wildman–Crippen LogP) is 3.48. The van der Waals surface area contributed by atoms with Crippen molar-refractivity contribution in [1.29, 1.82) is 0 Å². The molecular weight excluding hydrogens is 414 g/mol. The van der Waals surface area contributed by atoms with E-state index >= 15 is 0 Å². The summed E-state index contributed by atoms with van der Waals surface area (Å²) in [4.78, 5) is 29.6. The van der Waals surface area contributed by atoms with E-state index in [-0.39, 0.29) is 25.2 Å². The van der Waals surface area contributed by atoms with Crippen LogP contribution >= 0.6 is 22.9 Å². The standard InChI is InChI=1S/C20H16ClN3O4S/c21-14-3-1-2-12(6-14)7-15-9-23-20(29-15)24-18(25)10-22-19(26)13-4-5-16-17(8-13)28-11-27-16/h1-6,8-9H,7,10-11H2,(H,22,26)(H,23,24,25). The van der Waals surface area contributed by atoms with E-state index in [1.807, 2.05) is 24.3 Å². The van der Waals surface area contributed by atoms with Crippen LogP contribution in [0.5, 0.6) is 11.5 Å². The molecule has 0 fully saturated rings. The summed E-state index contributed by atoms with van der Waals surface area (Å²) in [6, 6.07) is 12.4. The van der Waals surface area contributed by atoms with Gasteiger partial charge in [-0.1, -0.05) is 23.7 Å². The SMILES string of the molecule is O=C(CNC(=O)c1ccc2c(c1)OCO2)Nc1ncc(Cc2cccc(Cl)c2)s1. The molecule has 0 unspecified atom stereocenters. The van der Waals surface area contributed by atoms with Gasteiger partial charge in [-0.25, -0.2) is 4.98 Å². The normalized spacial score (nSPS) is 11.9. The topological polar surface area (TPSA) is 89.6 Å². The maximum absolute atomic E-state index is 12.2. The zero-order valence-corrected chi connectivity index (χ0v) is 16.7. The first-order chi connectivity index (χ1) is 14.1. The molecule has 4 rings (SSSR count). The molecule has 2 aromatic carbocycles. The van der Waals surface area contributed by atoms with Gasteiger partial charge >= 0.3 is 0 Å². The molecule has 0 bridgehead atoms. The van der Waals surface area contributed by atoms with Crippen LogP contribution in [0.25, 0.3) is 0 Å². The molecule has 9 heteroatoms. The third kappa shape index (κ3) is 4.85. The van der Waals surface area contributed by atoms with Gasteiger partial charge in [-0.3, -0.25) is 9.59 Å². The van der Waals surface area contributed by atoms with Gasteiger partial charge in [-0.05, 0) is 35.9 Å². The fourth-order valence-corrected chi connectivity index (χ4v) is 3.83. The number of benzene rings is 2. The van der Waals surface area contributed by atoms with Crippen molar-refractivity contribution in [2.24, 2.45) is 0 Å². The van der Waals surface area contributed by atoms with E-state index in [2.05, 4.69) is 15.6 Å². The molecule has 0 saturated heterocycles. The maximum Gasteiger partial charge on any atom is 0.251 e. The zero-order valence-electron chi connectivity index (χ0n) is 15.1. The van der Waals surface area contributed by atoms with Crippen LogP contribution in [-0.2, 0) is 11.2 Å². The number of rotatable bonds is 6. The Labute approximate surface area is 175 Å². The number of fused-ring (bicyclic) bond motifs is 1. The molecule has 3 aromatic rings. The molecule has 1 aliphatic heterocycles. The van der Waals surface area contributed by atoms with Crippen LogP contribution in [0.2, 0.25) is 5.02 Å². The van der Waals surface area contributed by atoms with Crippen molar-refractivity contribution in [1.82, 2.24) is 10.3 Å². The summed E-state index contributed by atoms with van der Waals surface area (Å²) in [5.41, 5.74) is 1.45. The highest BCUT2D eigenvalue weighted by Gasteiger charge is 2.17. The Morgan fingerprint density at radius 1 is 1.14 bits per heavy atom. The van der Waals surface area contributed by atoms with Crippen LogP contribution in [0, 0.1) is 0 Å². The second-order valence-corrected chi connectivity index (χ2v) is 7.79. The average molecular weight is 430 g/mol. The highest BCUT2D eigenvalue weighted by Crippen LogP contribution is 2.32. The summed E-state index contributed by atoms with van der Waals surface area (Å²) >= 11 is 7.38.